The van der Waals surface area contributed by atoms with Gasteiger partial charge in [0.25, 0.3) is 0 Å². The van der Waals surface area contributed by atoms with E-state index in [0.29, 0.717) is 24.5 Å². The molecule has 0 atom stereocenters. The summed E-state index contributed by atoms with van der Waals surface area (Å²) in [6.45, 7) is 6.72. The van der Waals surface area contributed by atoms with E-state index in [0.717, 1.165) is 23.8 Å². The molecule has 1 saturated heterocycles. The number of carbonyl (C=O) groups excluding carboxylic acids is 1. The zero-order valence-electron chi connectivity index (χ0n) is 15.1. The summed E-state index contributed by atoms with van der Waals surface area (Å²) in [6.07, 6.45) is 0.0483. The number of halogens is 1. The number of benzene rings is 2. The molecule has 1 N–H and O–H groups in total. The molecule has 1 fully saturated rings. The third kappa shape index (κ3) is 4.41. The Labute approximate surface area is 159 Å². The monoisotopic (exact) mass is 373 g/mol. The van der Waals surface area contributed by atoms with Crippen LogP contribution in [0.1, 0.15) is 13.8 Å². The summed E-state index contributed by atoms with van der Waals surface area (Å²) in [5.41, 5.74) is 1.71. The molecule has 2 aromatic carbocycles. The van der Waals surface area contributed by atoms with Gasteiger partial charge in [-0.25, -0.2) is 4.79 Å². The Morgan fingerprint density at radius 1 is 1.04 bits per heavy atom. The Balaban J connectivity index is 1.60. The summed E-state index contributed by atoms with van der Waals surface area (Å²) in [5, 5.41) is 3.71. The lowest BCUT2D eigenvalue weighted by atomic mass is 10.2. The lowest BCUT2D eigenvalue weighted by molar-refractivity contribution is 0.207. The van der Waals surface area contributed by atoms with E-state index in [4.69, 9.17) is 16.3 Å². The van der Waals surface area contributed by atoms with Gasteiger partial charge in [-0.2, -0.15) is 0 Å². The first kappa shape index (κ1) is 18.4. The minimum Gasteiger partial charge on any atom is -0.489 e. The molecule has 0 bridgehead atoms. The summed E-state index contributed by atoms with van der Waals surface area (Å²) < 4.78 is 5.77. The first-order valence-corrected chi connectivity index (χ1v) is 9.23. The zero-order valence-corrected chi connectivity index (χ0v) is 15.9. The van der Waals surface area contributed by atoms with Crippen molar-refractivity contribution in [2.45, 2.75) is 20.0 Å². The van der Waals surface area contributed by atoms with Crippen molar-refractivity contribution >= 4 is 29.0 Å². The normalized spacial score (nSPS) is 14.5. The lowest BCUT2D eigenvalue weighted by Crippen LogP contribution is -2.50. The Kier molecular flexibility index (Phi) is 5.89. The molecular weight excluding hydrogens is 350 g/mol. The maximum Gasteiger partial charge on any atom is 0.322 e. The number of rotatable bonds is 4. The molecule has 0 unspecified atom stereocenters. The maximum absolute atomic E-state index is 12.6. The molecule has 0 aliphatic carbocycles. The highest BCUT2D eigenvalue weighted by Gasteiger charge is 2.23. The second-order valence-electron chi connectivity index (χ2n) is 6.52. The number of amides is 2. The number of hydrogen-bond donors (Lipinski definition) is 1. The molecule has 1 aliphatic heterocycles. The molecule has 6 heteroatoms. The van der Waals surface area contributed by atoms with E-state index in [2.05, 4.69) is 10.2 Å². The second-order valence-corrected chi connectivity index (χ2v) is 6.93. The number of anilines is 2. The number of piperazine rings is 1. The van der Waals surface area contributed by atoms with Crippen LogP contribution >= 0.6 is 11.6 Å². The van der Waals surface area contributed by atoms with Gasteiger partial charge in [-0.05, 0) is 38.1 Å². The van der Waals surface area contributed by atoms with Gasteiger partial charge < -0.3 is 19.9 Å². The Morgan fingerprint density at radius 3 is 2.38 bits per heavy atom. The van der Waals surface area contributed by atoms with Crippen LogP contribution < -0.4 is 15.0 Å². The standard InChI is InChI=1S/C20H24ClN3O2/c1-15(2)26-19-10-6-4-8-17(19)22-20(25)24-13-11-23(12-14-24)18-9-5-3-7-16(18)21/h3-10,15H,11-14H2,1-2H3,(H,22,25). The number of para-hydroxylation sites is 3. The molecule has 2 amide bonds. The smallest absolute Gasteiger partial charge is 0.322 e. The molecule has 1 aliphatic rings. The van der Waals surface area contributed by atoms with E-state index < -0.39 is 0 Å². The Bertz CT molecular complexity index is 758. The SMILES string of the molecule is CC(C)Oc1ccccc1NC(=O)N1CCN(c2ccccc2Cl)CC1. The van der Waals surface area contributed by atoms with Crippen molar-refractivity contribution in [3.63, 3.8) is 0 Å². The maximum atomic E-state index is 12.6. The van der Waals surface area contributed by atoms with Gasteiger partial charge >= 0.3 is 6.03 Å². The summed E-state index contributed by atoms with van der Waals surface area (Å²) >= 11 is 6.27. The van der Waals surface area contributed by atoms with Crippen LogP contribution in [0, 0.1) is 0 Å². The largest absolute Gasteiger partial charge is 0.489 e. The van der Waals surface area contributed by atoms with Crippen molar-refractivity contribution in [2.75, 3.05) is 36.4 Å². The van der Waals surface area contributed by atoms with E-state index in [1.54, 1.807) is 0 Å². The molecule has 0 radical (unpaired) electrons. The first-order chi connectivity index (χ1) is 12.5. The van der Waals surface area contributed by atoms with Gasteiger partial charge in [0, 0.05) is 26.2 Å². The average molecular weight is 374 g/mol. The number of nitrogens with zero attached hydrogens (tertiary/aromatic N) is 2. The van der Waals surface area contributed by atoms with Crippen molar-refractivity contribution in [3.05, 3.63) is 53.6 Å². The van der Waals surface area contributed by atoms with E-state index in [1.165, 1.54) is 0 Å². The van der Waals surface area contributed by atoms with Crippen molar-refractivity contribution in [2.24, 2.45) is 0 Å². The van der Waals surface area contributed by atoms with Crippen molar-refractivity contribution in [3.8, 4) is 5.75 Å². The molecule has 5 nitrogen and oxygen atoms in total. The van der Waals surface area contributed by atoms with Crippen LogP contribution in [0.3, 0.4) is 0 Å². The topological polar surface area (TPSA) is 44.8 Å². The first-order valence-electron chi connectivity index (χ1n) is 8.85. The second kappa shape index (κ2) is 8.32. The molecule has 26 heavy (non-hydrogen) atoms. The van der Waals surface area contributed by atoms with Crippen LogP contribution in [-0.2, 0) is 0 Å². The third-order valence-corrected chi connectivity index (χ3v) is 4.57. The van der Waals surface area contributed by atoms with Crippen LogP contribution in [0.15, 0.2) is 48.5 Å². The molecule has 0 spiro atoms. The van der Waals surface area contributed by atoms with Crippen LogP contribution in [0.25, 0.3) is 0 Å². The predicted molar refractivity (Wildman–Crippen MR) is 106 cm³/mol. The summed E-state index contributed by atoms with van der Waals surface area (Å²) in [5.74, 6) is 0.686. The molecule has 0 saturated carbocycles. The van der Waals surface area contributed by atoms with Gasteiger partial charge in [0.1, 0.15) is 5.75 Å². The van der Waals surface area contributed by atoms with Gasteiger partial charge in [-0.1, -0.05) is 35.9 Å². The van der Waals surface area contributed by atoms with Crippen LogP contribution in [0.4, 0.5) is 16.2 Å². The minimum atomic E-state index is -0.108. The summed E-state index contributed by atoms with van der Waals surface area (Å²) in [4.78, 5) is 16.7. The average Bonchev–Trinajstić information content (AvgIpc) is 2.63. The molecule has 2 aromatic rings. The van der Waals surface area contributed by atoms with Crippen LogP contribution in [0.2, 0.25) is 5.02 Å². The Morgan fingerprint density at radius 2 is 1.69 bits per heavy atom. The number of nitrogens with one attached hydrogen (secondary N) is 1. The molecule has 138 valence electrons. The van der Waals surface area contributed by atoms with Crippen molar-refractivity contribution < 1.29 is 9.53 Å². The fourth-order valence-electron chi connectivity index (χ4n) is 2.98. The number of urea groups is 1. The van der Waals surface area contributed by atoms with Gasteiger partial charge in [-0.3, -0.25) is 0 Å². The highest BCUT2D eigenvalue weighted by molar-refractivity contribution is 6.33. The van der Waals surface area contributed by atoms with Crippen molar-refractivity contribution in [1.82, 2.24) is 4.90 Å². The van der Waals surface area contributed by atoms with Crippen LogP contribution in [0.5, 0.6) is 5.75 Å². The number of ether oxygens (including phenoxy) is 1. The predicted octanol–water partition coefficient (Wildman–Crippen LogP) is 4.48. The van der Waals surface area contributed by atoms with Gasteiger partial charge in [-0.15, -0.1) is 0 Å². The highest BCUT2D eigenvalue weighted by Crippen LogP contribution is 2.27. The summed E-state index contributed by atoms with van der Waals surface area (Å²) in [7, 11) is 0. The fraction of sp³-hybridized carbons (Fsp3) is 0.350. The molecule has 1 heterocycles. The fourth-order valence-corrected chi connectivity index (χ4v) is 3.23. The van der Waals surface area contributed by atoms with E-state index in [9.17, 15) is 4.79 Å². The molecule has 0 aromatic heterocycles. The van der Waals surface area contributed by atoms with E-state index in [-0.39, 0.29) is 12.1 Å². The van der Waals surface area contributed by atoms with E-state index >= 15 is 0 Å². The lowest BCUT2D eigenvalue weighted by Gasteiger charge is -2.36. The number of hydrogen-bond acceptors (Lipinski definition) is 3. The van der Waals surface area contributed by atoms with Crippen LogP contribution in [-0.4, -0.2) is 43.2 Å². The highest BCUT2D eigenvalue weighted by atomic mass is 35.5. The number of carbonyl (C=O) groups is 1. The molecule has 3 rings (SSSR count). The van der Waals surface area contributed by atoms with Gasteiger partial charge in [0.15, 0.2) is 0 Å². The minimum absolute atomic E-state index is 0.0483. The summed E-state index contributed by atoms with van der Waals surface area (Å²) in [6, 6.07) is 15.2. The van der Waals surface area contributed by atoms with Crippen molar-refractivity contribution in [1.29, 1.82) is 0 Å². The van der Waals surface area contributed by atoms with Gasteiger partial charge in [0.2, 0.25) is 0 Å². The zero-order chi connectivity index (χ0) is 18.5. The quantitative estimate of drug-likeness (QED) is 0.859. The van der Waals surface area contributed by atoms with Gasteiger partial charge in [0.05, 0.1) is 22.5 Å². The van der Waals surface area contributed by atoms with E-state index in [1.807, 2.05) is 67.3 Å². The molecular formula is C20H24ClN3O2. The Hall–Kier alpha value is -2.40. The third-order valence-electron chi connectivity index (χ3n) is 4.25.